The van der Waals surface area contributed by atoms with E-state index >= 15 is 4.39 Å². The highest BCUT2D eigenvalue weighted by Crippen LogP contribution is 2.43. The van der Waals surface area contributed by atoms with Gasteiger partial charge in [-0.3, -0.25) is 0 Å². The number of hydrogen-bond acceptors (Lipinski definition) is 7. The first-order valence-electron chi connectivity index (χ1n) is 14.8. The number of halogens is 1. The fraction of sp³-hybridized carbons (Fsp3) is 0.581. The Kier molecular flexibility index (Phi) is 7.77. The molecule has 2 aromatic heterocycles. The van der Waals surface area contributed by atoms with E-state index in [9.17, 15) is 4.79 Å². The zero-order chi connectivity index (χ0) is 27.7. The van der Waals surface area contributed by atoms with Gasteiger partial charge in [0, 0.05) is 44.7 Å². The summed E-state index contributed by atoms with van der Waals surface area (Å²) in [6.45, 7) is 5.95. The lowest BCUT2D eigenvalue weighted by atomic mass is 9.82. The lowest BCUT2D eigenvalue weighted by Crippen LogP contribution is -2.51. The minimum absolute atomic E-state index is 0.205. The van der Waals surface area contributed by atoms with E-state index in [0.29, 0.717) is 42.7 Å². The number of alkyl halides is 1. The minimum atomic E-state index is -1.20. The Morgan fingerprint density at radius 1 is 1.07 bits per heavy atom. The van der Waals surface area contributed by atoms with Gasteiger partial charge < -0.3 is 19.3 Å². The zero-order valence-corrected chi connectivity index (χ0v) is 23.6. The first-order chi connectivity index (χ1) is 19.5. The summed E-state index contributed by atoms with van der Waals surface area (Å²) in [5, 5.41) is 6.16. The van der Waals surface area contributed by atoms with Crippen molar-refractivity contribution in [2.75, 3.05) is 51.4 Å². The largest absolute Gasteiger partial charge is 0.464 e. The van der Waals surface area contributed by atoms with E-state index in [1.54, 1.807) is 0 Å². The highest BCUT2D eigenvalue weighted by atomic mass is 19.1. The lowest BCUT2D eigenvalue weighted by Gasteiger charge is -2.44. The number of piperidine rings is 2. The molecule has 0 radical (unpaired) electrons. The molecule has 40 heavy (non-hydrogen) atoms. The van der Waals surface area contributed by atoms with Gasteiger partial charge in [0.1, 0.15) is 5.67 Å². The van der Waals surface area contributed by atoms with Crippen LogP contribution in [-0.4, -0.2) is 83.8 Å². The van der Waals surface area contributed by atoms with E-state index in [1.807, 2.05) is 48.0 Å². The highest BCUT2D eigenvalue weighted by molar-refractivity contribution is 5.99. The molecule has 6 rings (SSSR count). The molecule has 2 saturated heterocycles. The number of likely N-dealkylation sites (tertiary alicyclic amines) is 1. The van der Waals surface area contributed by atoms with Crippen LogP contribution in [0, 0.1) is 0 Å². The molecular weight excluding hydrogens is 509 g/mol. The number of nitrogens with zero attached hydrogens (tertiary/aromatic N) is 5. The quantitative estimate of drug-likeness (QED) is 0.354. The number of carbonyl (C=O) groups excluding carboxylic acids is 1. The maximum absolute atomic E-state index is 15.1. The number of para-hydroxylation sites is 1. The Labute approximate surface area is 235 Å². The molecule has 9 heteroatoms. The van der Waals surface area contributed by atoms with Crippen LogP contribution in [0.5, 0.6) is 0 Å². The number of aromatic nitrogens is 3. The second kappa shape index (κ2) is 11.4. The fourth-order valence-corrected chi connectivity index (χ4v) is 6.49. The lowest BCUT2D eigenvalue weighted by molar-refractivity contribution is -0.0313. The number of esters is 1. The third kappa shape index (κ3) is 5.21. The van der Waals surface area contributed by atoms with E-state index in [2.05, 4.69) is 9.80 Å². The van der Waals surface area contributed by atoms with Crippen molar-refractivity contribution < 1.29 is 18.7 Å². The molecule has 0 amide bonds. The van der Waals surface area contributed by atoms with Gasteiger partial charge in [-0.25, -0.2) is 18.9 Å². The summed E-state index contributed by atoms with van der Waals surface area (Å²) in [5.41, 5.74) is 2.83. The van der Waals surface area contributed by atoms with Crippen molar-refractivity contribution in [3.05, 3.63) is 47.8 Å². The van der Waals surface area contributed by atoms with Crippen LogP contribution < -0.4 is 4.90 Å². The molecule has 0 N–H and O–H groups in total. The van der Waals surface area contributed by atoms with E-state index in [0.717, 1.165) is 74.3 Å². The first kappa shape index (κ1) is 27.1. The van der Waals surface area contributed by atoms with Gasteiger partial charge in [-0.15, -0.1) is 0 Å². The second-order valence-corrected chi connectivity index (χ2v) is 11.5. The summed E-state index contributed by atoms with van der Waals surface area (Å²) < 4.78 is 27.5. The molecular formula is C31H40FN5O3. The number of benzene rings is 1. The third-order valence-electron chi connectivity index (χ3n) is 9.11. The molecule has 0 bridgehead atoms. The summed E-state index contributed by atoms with van der Waals surface area (Å²) in [4.78, 5) is 22.4. The predicted molar refractivity (Wildman–Crippen MR) is 153 cm³/mol. The number of rotatable bonds is 8. The number of hydrogen-bond donors (Lipinski definition) is 0. The number of ether oxygens (including phenoxy) is 2. The molecule has 4 heterocycles. The molecule has 1 saturated carbocycles. The highest BCUT2D eigenvalue weighted by Gasteiger charge is 2.38. The summed E-state index contributed by atoms with van der Waals surface area (Å²) in [7, 11) is 1.40. The summed E-state index contributed by atoms with van der Waals surface area (Å²) in [6.07, 6.45) is 6.50. The SMILES string of the molecule is CCOCC1(F)CCN(C2CCN(c3cc(C(=O)OC)nc4c3c(C3CCC3)nn4-c3ccccc3)CC2)CC1. The monoisotopic (exact) mass is 549 g/mol. The maximum Gasteiger partial charge on any atom is 0.356 e. The van der Waals surface area contributed by atoms with Crippen molar-refractivity contribution >= 4 is 22.7 Å². The smallest absolute Gasteiger partial charge is 0.356 e. The van der Waals surface area contributed by atoms with Crippen LogP contribution in [0.4, 0.5) is 10.1 Å². The molecule has 3 fully saturated rings. The Balaban J connectivity index is 1.29. The third-order valence-corrected chi connectivity index (χ3v) is 9.11. The summed E-state index contributed by atoms with van der Waals surface area (Å²) in [5.74, 6) is -0.0420. The molecule has 0 unspecified atom stereocenters. The van der Waals surface area contributed by atoms with Gasteiger partial charge in [0.2, 0.25) is 0 Å². The van der Waals surface area contributed by atoms with Crippen molar-refractivity contribution in [1.29, 1.82) is 0 Å². The molecule has 0 spiro atoms. The van der Waals surface area contributed by atoms with Gasteiger partial charge in [-0.05, 0) is 63.6 Å². The van der Waals surface area contributed by atoms with Crippen molar-refractivity contribution in [3.8, 4) is 5.69 Å². The number of fused-ring (bicyclic) bond motifs is 1. The first-order valence-corrected chi connectivity index (χ1v) is 14.8. The summed E-state index contributed by atoms with van der Waals surface area (Å²) >= 11 is 0. The Hall–Kier alpha value is -3.04. The molecule has 1 aromatic carbocycles. The van der Waals surface area contributed by atoms with Gasteiger partial charge in [0.15, 0.2) is 11.3 Å². The standard InChI is InChI=1S/C31H40FN5O3/c1-3-40-21-31(32)14-18-35(19-15-31)23-12-16-36(17-13-23)26-20-25(30(38)39-2)33-29-27(26)28(22-8-7-9-22)34-37(29)24-10-5-4-6-11-24/h4-6,10-11,20,22-23H,3,7-9,12-19,21H2,1-2H3. The molecule has 1 aliphatic carbocycles. The molecule has 3 aromatic rings. The second-order valence-electron chi connectivity index (χ2n) is 11.5. The van der Waals surface area contributed by atoms with Gasteiger partial charge in [0.25, 0.3) is 0 Å². The van der Waals surface area contributed by atoms with E-state index in [1.165, 1.54) is 13.5 Å². The molecule has 3 aliphatic rings. The zero-order valence-electron chi connectivity index (χ0n) is 23.6. The topological polar surface area (TPSA) is 72.7 Å². The molecule has 214 valence electrons. The van der Waals surface area contributed by atoms with E-state index in [-0.39, 0.29) is 6.61 Å². The van der Waals surface area contributed by atoms with Gasteiger partial charge in [-0.2, -0.15) is 5.10 Å². The Bertz CT molecular complexity index is 1330. The molecule has 0 atom stereocenters. The van der Waals surface area contributed by atoms with Crippen LogP contribution in [0.15, 0.2) is 36.4 Å². The van der Waals surface area contributed by atoms with Crippen molar-refractivity contribution in [2.24, 2.45) is 0 Å². The summed E-state index contributed by atoms with van der Waals surface area (Å²) in [6, 6.07) is 12.3. The number of methoxy groups -OCH3 is 1. The molecule has 2 aliphatic heterocycles. The van der Waals surface area contributed by atoms with Gasteiger partial charge in [0.05, 0.1) is 36.2 Å². The normalized spacial score (nSPS) is 20.5. The maximum atomic E-state index is 15.1. The van der Waals surface area contributed by atoms with Crippen molar-refractivity contribution in [3.63, 3.8) is 0 Å². The van der Waals surface area contributed by atoms with Crippen LogP contribution in [0.25, 0.3) is 16.7 Å². The minimum Gasteiger partial charge on any atom is -0.464 e. The number of anilines is 1. The van der Waals surface area contributed by atoms with Crippen LogP contribution >= 0.6 is 0 Å². The van der Waals surface area contributed by atoms with Crippen LogP contribution in [-0.2, 0) is 9.47 Å². The number of carbonyl (C=O) groups is 1. The number of pyridine rings is 1. The van der Waals surface area contributed by atoms with E-state index < -0.39 is 11.6 Å². The van der Waals surface area contributed by atoms with Crippen LogP contribution in [0.3, 0.4) is 0 Å². The Morgan fingerprint density at radius 3 is 2.42 bits per heavy atom. The van der Waals surface area contributed by atoms with Gasteiger partial charge in [-0.1, -0.05) is 24.6 Å². The van der Waals surface area contributed by atoms with Crippen LogP contribution in [0.1, 0.15) is 74.0 Å². The van der Waals surface area contributed by atoms with Crippen LogP contribution in [0.2, 0.25) is 0 Å². The average Bonchev–Trinajstić information content (AvgIpc) is 3.34. The molecule has 8 nitrogen and oxygen atoms in total. The Morgan fingerprint density at radius 2 is 1.80 bits per heavy atom. The van der Waals surface area contributed by atoms with Gasteiger partial charge >= 0.3 is 5.97 Å². The predicted octanol–water partition coefficient (Wildman–Crippen LogP) is 5.28. The fourth-order valence-electron chi connectivity index (χ4n) is 6.49. The van der Waals surface area contributed by atoms with Crippen molar-refractivity contribution in [2.45, 2.75) is 69.5 Å². The average molecular weight is 550 g/mol. The van der Waals surface area contributed by atoms with Crippen molar-refractivity contribution in [1.82, 2.24) is 19.7 Å². The van der Waals surface area contributed by atoms with E-state index in [4.69, 9.17) is 19.6 Å².